The van der Waals surface area contributed by atoms with Crippen molar-refractivity contribution in [3.05, 3.63) is 29.2 Å². The van der Waals surface area contributed by atoms with Gasteiger partial charge in [-0.05, 0) is 6.42 Å². The second kappa shape index (κ2) is 7.50. The molecule has 11 heteroatoms. The van der Waals surface area contributed by atoms with Crippen LogP contribution >= 0.6 is 11.6 Å². The summed E-state index contributed by atoms with van der Waals surface area (Å²) in [5, 5.41) is 2.78. The van der Waals surface area contributed by atoms with E-state index in [1.807, 2.05) is 0 Å². The van der Waals surface area contributed by atoms with E-state index in [0.717, 1.165) is 6.42 Å². The second-order valence-corrected chi connectivity index (χ2v) is 5.99. The van der Waals surface area contributed by atoms with E-state index in [1.165, 1.54) is 6.20 Å². The first-order valence-corrected chi connectivity index (χ1v) is 8.04. The van der Waals surface area contributed by atoms with Crippen LogP contribution in [-0.2, 0) is 10.9 Å². The van der Waals surface area contributed by atoms with Crippen LogP contribution in [0.3, 0.4) is 0 Å². The zero-order valence-corrected chi connectivity index (χ0v) is 14.1. The molecule has 140 valence electrons. The molecule has 7 nitrogen and oxygen atoms in total. The van der Waals surface area contributed by atoms with Crippen molar-refractivity contribution < 1.29 is 22.6 Å². The molecule has 1 fully saturated rings. The molecule has 3 heterocycles. The minimum atomic E-state index is -4.63. The molecule has 1 saturated heterocycles. The normalized spacial score (nSPS) is 17.3. The summed E-state index contributed by atoms with van der Waals surface area (Å²) in [6.07, 6.45) is -1.69. The van der Waals surface area contributed by atoms with Crippen molar-refractivity contribution in [3.8, 4) is 5.75 Å². The number of ether oxygens (including phenoxy) is 2. The second-order valence-electron chi connectivity index (χ2n) is 5.63. The van der Waals surface area contributed by atoms with Gasteiger partial charge in [-0.15, -0.1) is 0 Å². The van der Waals surface area contributed by atoms with E-state index < -0.39 is 17.6 Å². The lowest BCUT2D eigenvalue weighted by Crippen LogP contribution is -2.14. The van der Waals surface area contributed by atoms with Crippen molar-refractivity contribution in [2.24, 2.45) is 5.92 Å². The largest absolute Gasteiger partial charge is 0.491 e. The Kier molecular flexibility index (Phi) is 5.33. The zero-order chi connectivity index (χ0) is 18.7. The van der Waals surface area contributed by atoms with Gasteiger partial charge in [0.25, 0.3) is 0 Å². The first-order valence-electron chi connectivity index (χ1n) is 7.66. The van der Waals surface area contributed by atoms with E-state index in [2.05, 4.69) is 20.3 Å². The molecule has 0 aliphatic carbocycles. The molecule has 1 aliphatic heterocycles. The average molecular weight is 390 g/mol. The van der Waals surface area contributed by atoms with Gasteiger partial charge in [0.15, 0.2) is 5.15 Å². The number of alkyl halides is 3. The van der Waals surface area contributed by atoms with E-state index in [4.69, 9.17) is 26.8 Å². The smallest absolute Gasteiger partial charge is 0.421 e. The first kappa shape index (κ1) is 18.5. The SMILES string of the molecule is Nc1nc(Nc2c(OCC3CCOC3)ccnc2Cl)ncc1C(F)(F)F. The molecule has 0 aromatic carbocycles. The lowest BCUT2D eigenvalue weighted by Gasteiger charge is -2.16. The fraction of sp³-hybridized carbons (Fsp3) is 0.400. The van der Waals surface area contributed by atoms with Crippen molar-refractivity contribution in [1.82, 2.24) is 15.0 Å². The maximum atomic E-state index is 12.7. The lowest BCUT2D eigenvalue weighted by atomic mass is 10.1. The molecule has 0 bridgehead atoms. The summed E-state index contributed by atoms with van der Waals surface area (Å²) in [5.74, 6) is -0.216. The highest BCUT2D eigenvalue weighted by molar-refractivity contribution is 6.32. The molecule has 3 rings (SSSR count). The summed E-state index contributed by atoms with van der Waals surface area (Å²) >= 11 is 6.07. The predicted octanol–water partition coefficient (Wildman–Crippen LogP) is 3.28. The average Bonchev–Trinajstić information content (AvgIpc) is 3.08. The Balaban J connectivity index is 1.79. The molecule has 26 heavy (non-hydrogen) atoms. The van der Waals surface area contributed by atoms with Gasteiger partial charge in [0.1, 0.15) is 22.8 Å². The van der Waals surface area contributed by atoms with E-state index >= 15 is 0 Å². The molecule has 3 N–H and O–H groups in total. The number of rotatable bonds is 5. The summed E-state index contributed by atoms with van der Waals surface area (Å²) in [7, 11) is 0. The molecular formula is C15H15ClF3N5O2. The number of nitrogen functional groups attached to an aromatic ring is 1. The van der Waals surface area contributed by atoms with Gasteiger partial charge in [-0.3, -0.25) is 0 Å². The molecule has 0 saturated carbocycles. The van der Waals surface area contributed by atoms with Gasteiger partial charge in [0.05, 0.1) is 13.2 Å². The number of nitrogens with zero attached hydrogens (tertiary/aromatic N) is 3. The molecule has 2 aromatic rings. The van der Waals surface area contributed by atoms with Crippen LogP contribution in [0.5, 0.6) is 5.75 Å². The predicted molar refractivity (Wildman–Crippen MR) is 88.4 cm³/mol. The topological polar surface area (TPSA) is 95.2 Å². The maximum Gasteiger partial charge on any atom is 0.421 e. The fourth-order valence-electron chi connectivity index (χ4n) is 2.36. The summed E-state index contributed by atoms with van der Waals surface area (Å²) in [4.78, 5) is 11.2. The van der Waals surface area contributed by atoms with Gasteiger partial charge in [0.2, 0.25) is 5.95 Å². The summed E-state index contributed by atoms with van der Waals surface area (Å²) in [6.45, 7) is 1.71. The number of nitrogens with two attached hydrogens (primary N) is 1. The molecular weight excluding hydrogens is 375 g/mol. The van der Waals surface area contributed by atoms with Crippen molar-refractivity contribution in [2.45, 2.75) is 12.6 Å². The molecule has 0 spiro atoms. The fourth-order valence-corrected chi connectivity index (χ4v) is 2.56. The lowest BCUT2D eigenvalue weighted by molar-refractivity contribution is -0.137. The zero-order valence-electron chi connectivity index (χ0n) is 13.4. The standard InChI is InChI=1S/C15H15ClF3N5O2/c16-12-11(10(1-3-21-12)26-7-8-2-4-25-6-8)23-14-22-5-9(13(20)24-14)15(17,18)19/h1,3,5,8H,2,4,6-7H2,(H3,20,22,23,24). The molecule has 0 radical (unpaired) electrons. The molecule has 2 aromatic heterocycles. The Morgan fingerprint density at radius 2 is 2.19 bits per heavy atom. The van der Waals surface area contributed by atoms with Crippen LogP contribution in [-0.4, -0.2) is 34.8 Å². The number of hydrogen-bond acceptors (Lipinski definition) is 7. The van der Waals surface area contributed by atoms with Crippen LogP contribution in [0, 0.1) is 5.92 Å². The third-order valence-electron chi connectivity index (χ3n) is 3.73. The maximum absolute atomic E-state index is 12.7. The number of aromatic nitrogens is 3. The number of anilines is 3. The summed E-state index contributed by atoms with van der Waals surface area (Å²) in [6, 6.07) is 1.58. The van der Waals surface area contributed by atoms with Crippen molar-refractivity contribution in [2.75, 3.05) is 30.9 Å². The van der Waals surface area contributed by atoms with Gasteiger partial charge in [-0.25, -0.2) is 9.97 Å². The van der Waals surface area contributed by atoms with Crippen LogP contribution in [0.1, 0.15) is 12.0 Å². The highest BCUT2D eigenvalue weighted by Crippen LogP contribution is 2.35. The summed E-state index contributed by atoms with van der Waals surface area (Å²) in [5.41, 5.74) is 4.50. The van der Waals surface area contributed by atoms with Crippen molar-refractivity contribution in [3.63, 3.8) is 0 Å². The van der Waals surface area contributed by atoms with Gasteiger partial charge >= 0.3 is 6.18 Å². The number of hydrogen-bond donors (Lipinski definition) is 2. The molecule has 1 unspecified atom stereocenters. The Hall–Kier alpha value is -2.33. The number of nitrogens with one attached hydrogen (secondary N) is 1. The van der Waals surface area contributed by atoms with Crippen LogP contribution in [0.25, 0.3) is 0 Å². The summed E-state index contributed by atoms with van der Waals surface area (Å²) < 4.78 is 49.3. The van der Waals surface area contributed by atoms with Crippen LogP contribution < -0.4 is 15.8 Å². The van der Waals surface area contributed by atoms with Gasteiger partial charge < -0.3 is 20.5 Å². The van der Waals surface area contributed by atoms with Crippen molar-refractivity contribution in [1.29, 1.82) is 0 Å². The highest BCUT2D eigenvalue weighted by Gasteiger charge is 2.34. The van der Waals surface area contributed by atoms with Gasteiger partial charge in [-0.1, -0.05) is 11.6 Å². The number of pyridine rings is 1. The Labute approximate surface area is 151 Å². The van der Waals surface area contributed by atoms with Gasteiger partial charge in [-0.2, -0.15) is 18.2 Å². The Morgan fingerprint density at radius 3 is 2.85 bits per heavy atom. The number of halogens is 4. The van der Waals surface area contributed by atoms with E-state index in [9.17, 15) is 13.2 Å². The van der Waals surface area contributed by atoms with Crippen LogP contribution in [0.4, 0.5) is 30.6 Å². The molecule has 1 aliphatic rings. The van der Waals surface area contributed by atoms with E-state index in [0.29, 0.717) is 31.8 Å². The minimum Gasteiger partial charge on any atom is -0.491 e. The molecule has 1 atom stereocenters. The Bertz CT molecular complexity index is 784. The minimum absolute atomic E-state index is 0.0623. The Morgan fingerprint density at radius 1 is 1.38 bits per heavy atom. The van der Waals surface area contributed by atoms with Gasteiger partial charge in [0, 0.05) is 31.0 Å². The molecule has 0 amide bonds. The van der Waals surface area contributed by atoms with Crippen molar-refractivity contribution >= 4 is 29.1 Å². The highest BCUT2D eigenvalue weighted by atomic mass is 35.5. The van der Waals surface area contributed by atoms with E-state index in [-0.39, 0.29) is 22.7 Å². The first-order chi connectivity index (χ1) is 12.3. The monoisotopic (exact) mass is 389 g/mol. The third kappa shape index (κ3) is 4.25. The third-order valence-corrected chi connectivity index (χ3v) is 4.01. The quantitative estimate of drug-likeness (QED) is 0.757. The van der Waals surface area contributed by atoms with E-state index in [1.54, 1.807) is 6.07 Å². The van der Waals surface area contributed by atoms with Crippen LogP contribution in [0.15, 0.2) is 18.5 Å². The van der Waals surface area contributed by atoms with Crippen LogP contribution in [0.2, 0.25) is 5.15 Å².